The Morgan fingerprint density at radius 2 is 2.10 bits per heavy atom. The van der Waals surface area contributed by atoms with Crippen molar-refractivity contribution in [2.75, 3.05) is 17.7 Å². The average Bonchev–Trinajstić information content (AvgIpc) is 2.43. The molecule has 0 aliphatic carbocycles. The number of nitrogens with zero attached hydrogens (tertiary/aromatic N) is 1. The lowest BCUT2D eigenvalue weighted by Crippen LogP contribution is -2.20. The molecule has 0 spiro atoms. The highest BCUT2D eigenvalue weighted by atomic mass is 35.5. The van der Waals surface area contributed by atoms with Crippen LogP contribution in [-0.4, -0.2) is 18.1 Å². The Bertz CT molecular complexity index is 691. The Kier molecular flexibility index (Phi) is 4.33. The molecule has 4 nitrogen and oxygen atoms in total. The molecule has 0 heterocycles. The van der Waals surface area contributed by atoms with Crippen molar-refractivity contribution < 1.29 is 14.3 Å². The number of rotatable bonds is 4. The first-order valence-electron chi connectivity index (χ1n) is 6.17. The molecule has 6 heteroatoms. The van der Waals surface area contributed by atoms with Crippen LogP contribution in [0.3, 0.4) is 0 Å². The van der Waals surface area contributed by atoms with Crippen LogP contribution in [0.2, 0.25) is 5.02 Å². The topological polar surface area (TPSA) is 66.6 Å². The molecule has 110 valence electrons. The molecular weight excluding hydrogens is 295 g/mol. The molecule has 0 saturated heterocycles. The molecule has 0 unspecified atom stereocenters. The van der Waals surface area contributed by atoms with Crippen molar-refractivity contribution in [2.24, 2.45) is 0 Å². The van der Waals surface area contributed by atoms with Gasteiger partial charge in [0.15, 0.2) is 0 Å². The largest absolute Gasteiger partial charge is 0.478 e. The van der Waals surface area contributed by atoms with Gasteiger partial charge in [0, 0.05) is 24.8 Å². The number of nitrogen functional groups attached to an aromatic ring is 1. The second-order valence-electron chi connectivity index (χ2n) is 4.65. The van der Waals surface area contributed by atoms with Crippen LogP contribution in [-0.2, 0) is 6.54 Å². The van der Waals surface area contributed by atoms with Gasteiger partial charge in [0.25, 0.3) is 0 Å². The van der Waals surface area contributed by atoms with Crippen molar-refractivity contribution in [3.8, 4) is 0 Å². The summed E-state index contributed by atoms with van der Waals surface area (Å²) in [5.74, 6) is -1.59. The molecule has 0 bridgehead atoms. The standard InChI is InChI=1S/C15H14ClFN2O2/c1-19(8-9-3-2-4-12(16)14(9)17)13-6-5-10(18)7-11(13)15(20)21/h2-7H,8,18H2,1H3,(H,20,21). The van der Waals surface area contributed by atoms with Gasteiger partial charge in [-0.05, 0) is 24.3 Å². The molecule has 0 aromatic heterocycles. The number of halogens is 2. The number of nitrogens with two attached hydrogens (primary N) is 1. The molecule has 21 heavy (non-hydrogen) atoms. The molecule has 0 fully saturated rings. The Morgan fingerprint density at radius 1 is 1.38 bits per heavy atom. The predicted octanol–water partition coefficient (Wildman–Crippen LogP) is 3.40. The van der Waals surface area contributed by atoms with Gasteiger partial charge < -0.3 is 15.7 Å². The van der Waals surface area contributed by atoms with E-state index >= 15 is 0 Å². The van der Waals surface area contributed by atoms with E-state index in [1.54, 1.807) is 36.2 Å². The third-order valence-corrected chi connectivity index (χ3v) is 3.39. The summed E-state index contributed by atoms with van der Waals surface area (Å²) < 4.78 is 13.9. The minimum Gasteiger partial charge on any atom is -0.478 e. The zero-order valence-corrected chi connectivity index (χ0v) is 12.1. The molecule has 3 N–H and O–H groups in total. The van der Waals surface area contributed by atoms with Crippen LogP contribution >= 0.6 is 11.6 Å². The Balaban J connectivity index is 2.34. The third kappa shape index (κ3) is 3.25. The van der Waals surface area contributed by atoms with Crippen molar-refractivity contribution in [2.45, 2.75) is 6.54 Å². The average molecular weight is 309 g/mol. The highest BCUT2D eigenvalue weighted by Crippen LogP contribution is 2.25. The zero-order valence-electron chi connectivity index (χ0n) is 11.3. The fourth-order valence-electron chi connectivity index (χ4n) is 2.07. The fraction of sp³-hybridized carbons (Fsp3) is 0.133. The number of hydrogen-bond donors (Lipinski definition) is 2. The molecular formula is C15H14ClFN2O2. The van der Waals surface area contributed by atoms with E-state index in [4.69, 9.17) is 17.3 Å². The summed E-state index contributed by atoms with van der Waals surface area (Å²) in [6.07, 6.45) is 0. The molecule has 0 atom stereocenters. The van der Waals surface area contributed by atoms with Crippen LogP contribution in [0, 0.1) is 5.82 Å². The maximum atomic E-state index is 13.9. The van der Waals surface area contributed by atoms with E-state index in [0.29, 0.717) is 16.9 Å². The van der Waals surface area contributed by atoms with Crippen LogP contribution < -0.4 is 10.6 Å². The van der Waals surface area contributed by atoms with Gasteiger partial charge in [-0.2, -0.15) is 0 Å². The predicted molar refractivity (Wildman–Crippen MR) is 81.3 cm³/mol. The Labute approximate surface area is 126 Å². The lowest BCUT2D eigenvalue weighted by atomic mass is 10.1. The maximum absolute atomic E-state index is 13.9. The van der Waals surface area contributed by atoms with Crippen LogP contribution in [0.5, 0.6) is 0 Å². The number of carbonyl (C=O) groups is 1. The second-order valence-corrected chi connectivity index (χ2v) is 5.06. The summed E-state index contributed by atoms with van der Waals surface area (Å²) in [5.41, 5.74) is 6.87. The smallest absolute Gasteiger partial charge is 0.337 e. The van der Waals surface area contributed by atoms with Crippen molar-refractivity contribution >= 4 is 28.9 Å². The van der Waals surface area contributed by atoms with Crippen LogP contribution in [0.25, 0.3) is 0 Å². The van der Waals surface area contributed by atoms with Crippen molar-refractivity contribution in [1.82, 2.24) is 0 Å². The molecule has 0 radical (unpaired) electrons. The minimum atomic E-state index is -1.09. The maximum Gasteiger partial charge on any atom is 0.337 e. The van der Waals surface area contributed by atoms with Crippen molar-refractivity contribution in [1.29, 1.82) is 0 Å². The van der Waals surface area contributed by atoms with Crippen LogP contribution in [0.4, 0.5) is 15.8 Å². The zero-order chi connectivity index (χ0) is 15.6. The molecule has 0 amide bonds. The molecule has 0 saturated carbocycles. The van der Waals surface area contributed by atoms with Gasteiger partial charge in [0.05, 0.1) is 16.3 Å². The van der Waals surface area contributed by atoms with E-state index in [9.17, 15) is 14.3 Å². The van der Waals surface area contributed by atoms with Crippen LogP contribution in [0.15, 0.2) is 36.4 Å². The first-order valence-corrected chi connectivity index (χ1v) is 6.54. The lowest BCUT2D eigenvalue weighted by Gasteiger charge is -2.22. The number of hydrogen-bond acceptors (Lipinski definition) is 3. The summed E-state index contributed by atoms with van der Waals surface area (Å²) >= 11 is 5.74. The molecule has 0 aliphatic heterocycles. The highest BCUT2D eigenvalue weighted by Gasteiger charge is 2.16. The summed E-state index contributed by atoms with van der Waals surface area (Å²) in [6, 6.07) is 9.30. The SMILES string of the molecule is CN(Cc1cccc(Cl)c1F)c1ccc(N)cc1C(=O)O. The van der Waals surface area contributed by atoms with E-state index in [1.165, 1.54) is 12.1 Å². The minimum absolute atomic E-state index is 0.0386. The highest BCUT2D eigenvalue weighted by molar-refractivity contribution is 6.30. The van der Waals surface area contributed by atoms with Gasteiger partial charge in [-0.25, -0.2) is 9.18 Å². The van der Waals surface area contributed by atoms with Crippen molar-refractivity contribution in [3.05, 3.63) is 58.4 Å². The second kappa shape index (κ2) is 6.01. The summed E-state index contributed by atoms with van der Waals surface area (Å²) in [7, 11) is 1.68. The quantitative estimate of drug-likeness (QED) is 0.850. The summed E-state index contributed by atoms with van der Waals surface area (Å²) in [5, 5.41) is 9.26. The van der Waals surface area contributed by atoms with Gasteiger partial charge in [0.2, 0.25) is 0 Å². The Morgan fingerprint density at radius 3 is 2.76 bits per heavy atom. The van der Waals surface area contributed by atoms with Gasteiger partial charge in [-0.15, -0.1) is 0 Å². The van der Waals surface area contributed by atoms with Gasteiger partial charge in [-0.1, -0.05) is 23.7 Å². The monoisotopic (exact) mass is 308 g/mol. The molecule has 0 aliphatic rings. The third-order valence-electron chi connectivity index (χ3n) is 3.10. The number of carboxylic acid groups (broad SMARTS) is 1. The van der Waals surface area contributed by atoms with Gasteiger partial charge in [-0.3, -0.25) is 0 Å². The molecule has 2 aromatic rings. The number of anilines is 2. The van der Waals surface area contributed by atoms with E-state index in [0.717, 1.165) is 0 Å². The first kappa shape index (κ1) is 15.1. The van der Waals surface area contributed by atoms with Gasteiger partial charge >= 0.3 is 5.97 Å². The van der Waals surface area contributed by atoms with E-state index in [1.807, 2.05) is 0 Å². The van der Waals surface area contributed by atoms with E-state index in [-0.39, 0.29) is 17.1 Å². The summed E-state index contributed by atoms with van der Waals surface area (Å²) in [6.45, 7) is 0.191. The van der Waals surface area contributed by atoms with Gasteiger partial charge in [0.1, 0.15) is 5.82 Å². The first-order chi connectivity index (χ1) is 9.90. The summed E-state index contributed by atoms with van der Waals surface area (Å²) in [4.78, 5) is 12.9. The Hall–Kier alpha value is -2.27. The molecule has 2 aromatic carbocycles. The van der Waals surface area contributed by atoms with E-state index < -0.39 is 11.8 Å². The number of benzene rings is 2. The number of aromatic carboxylic acids is 1. The number of carboxylic acids is 1. The lowest BCUT2D eigenvalue weighted by molar-refractivity contribution is 0.0697. The normalized spacial score (nSPS) is 10.4. The van der Waals surface area contributed by atoms with Crippen LogP contribution in [0.1, 0.15) is 15.9 Å². The van der Waals surface area contributed by atoms with Crippen molar-refractivity contribution in [3.63, 3.8) is 0 Å². The van der Waals surface area contributed by atoms with E-state index in [2.05, 4.69) is 0 Å². The molecule has 2 rings (SSSR count). The fourth-order valence-corrected chi connectivity index (χ4v) is 2.26.